The fourth-order valence-electron chi connectivity index (χ4n) is 3.01. The van der Waals surface area contributed by atoms with Crippen LogP contribution < -0.4 is 0 Å². The average Bonchev–Trinajstić information content (AvgIpc) is 3.16. The largest absolute Gasteiger partial charge is 0.478 e. The van der Waals surface area contributed by atoms with Gasteiger partial charge in [-0.05, 0) is 54.6 Å². The van der Waals surface area contributed by atoms with E-state index in [0.717, 1.165) is 12.1 Å². The van der Waals surface area contributed by atoms with Crippen LogP contribution in [0.1, 0.15) is 15.9 Å². The van der Waals surface area contributed by atoms with Crippen LogP contribution in [0, 0.1) is 0 Å². The number of alkyl halides is 3. The highest BCUT2D eigenvalue weighted by atomic mass is 35.5. The molecule has 0 saturated heterocycles. The smallest absolute Gasteiger partial charge is 0.416 e. The van der Waals surface area contributed by atoms with E-state index < -0.39 is 17.7 Å². The van der Waals surface area contributed by atoms with Crippen LogP contribution in [0.25, 0.3) is 31.9 Å². The molecule has 0 amide bonds. The lowest BCUT2D eigenvalue weighted by Crippen LogP contribution is -2.04. The Morgan fingerprint density at radius 2 is 1.70 bits per heavy atom. The molecule has 2 aromatic heterocycles. The van der Waals surface area contributed by atoms with E-state index >= 15 is 0 Å². The summed E-state index contributed by atoms with van der Waals surface area (Å²) >= 11 is 13.3. The number of pyridine rings is 1. The molecule has 0 fully saturated rings. The van der Waals surface area contributed by atoms with E-state index in [2.05, 4.69) is 4.98 Å². The molecule has 30 heavy (non-hydrogen) atoms. The van der Waals surface area contributed by atoms with Crippen molar-refractivity contribution in [2.24, 2.45) is 0 Å². The second-order valence-corrected chi connectivity index (χ2v) is 8.31. The number of halogens is 5. The SMILES string of the molecule is O=C(O)c1cc(-c2ccc(-c3cc(C(F)(F)F)ccc3Cl)s2)nc2ccc(Cl)cc12. The molecule has 2 heterocycles. The number of hydrogen-bond donors (Lipinski definition) is 1. The van der Waals surface area contributed by atoms with Crippen LogP contribution in [0.15, 0.2) is 54.6 Å². The molecule has 9 heteroatoms. The van der Waals surface area contributed by atoms with E-state index in [9.17, 15) is 23.1 Å². The first-order valence-corrected chi connectivity index (χ1v) is 10.0. The van der Waals surface area contributed by atoms with Crippen molar-refractivity contribution in [1.82, 2.24) is 4.98 Å². The van der Waals surface area contributed by atoms with Crippen molar-refractivity contribution in [1.29, 1.82) is 0 Å². The quantitative estimate of drug-likeness (QED) is 0.336. The molecule has 0 spiro atoms. The minimum absolute atomic E-state index is 0.0320. The standard InChI is InChI=1S/C21H10Cl2F3NO2S/c22-11-2-4-16-12(8-11)13(20(28)29)9-17(27-16)19-6-5-18(30-19)14-7-10(21(24,25)26)1-3-15(14)23/h1-9H,(H,28,29). The summed E-state index contributed by atoms with van der Waals surface area (Å²) in [5, 5.41) is 10.5. The van der Waals surface area contributed by atoms with Gasteiger partial charge in [-0.25, -0.2) is 9.78 Å². The van der Waals surface area contributed by atoms with Crippen molar-refractivity contribution in [2.45, 2.75) is 6.18 Å². The number of carboxylic acid groups (broad SMARTS) is 1. The molecule has 152 valence electrons. The van der Waals surface area contributed by atoms with Crippen molar-refractivity contribution in [3.63, 3.8) is 0 Å². The van der Waals surface area contributed by atoms with Crippen LogP contribution in [0.3, 0.4) is 0 Å². The van der Waals surface area contributed by atoms with Gasteiger partial charge in [-0.2, -0.15) is 13.2 Å². The third-order valence-electron chi connectivity index (χ3n) is 4.42. The summed E-state index contributed by atoms with van der Waals surface area (Å²) in [4.78, 5) is 17.3. The number of aromatic carboxylic acids is 1. The normalized spacial score (nSPS) is 11.8. The van der Waals surface area contributed by atoms with Gasteiger partial charge in [-0.3, -0.25) is 0 Å². The summed E-state index contributed by atoms with van der Waals surface area (Å²) in [6.07, 6.45) is -4.49. The van der Waals surface area contributed by atoms with Gasteiger partial charge in [-0.15, -0.1) is 11.3 Å². The zero-order valence-electron chi connectivity index (χ0n) is 14.8. The molecular formula is C21H10Cl2F3NO2S. The van der Waals surface area contributed by atoms with Crippen LogP contribution in [0.2, 0.25) is 10.0 Å². The fourth-order valence-corrected chi connectivity index (χ4v) is 4.46. The first-order valence-electron chi connectivity index (χ1n) is 8.44. The summed E-state index contributed by atoms with van der Waals surface area (Å²) in [6, 6.07) is 12.6. The lowest BCUT2D eigenvalue weighted by molar-refractivity contribution is -0.137. The van der Waals surface area contributed by atoms with Gasteiger partial charge in [0.1, 0.15) is 0 Å². The maximum atomic E-state index is 13.1. The van der Waals surface area contributed by atoms with Crippen LogP contribution >= 0.6 is 34.5 Å². The van der Waals surface area contributed by atoms with Gasteiger partial charge in [0.15, 0.2) is 0 Å². The first-order chi connectivity index (χ1) is 14.1. The second-order valence-electron chi connectivity index (χ2n) is 6.38. The third-order valence-corrected chi connectivity index (χ3v) is 6.12. The number of aromatic nitrogens is 1. The monoisotopic (exact) mass is 467 g/mol. The Bertz CT molecular complexity index is 1300. The van der Waals surface area contributed by atoms with E-state index in [1.807, 2.05) is 0 Å². The van der Waals surface area contributed by atoms with Gasteiger partial charge < -0.3 is 5.11 Å². The molecular weight excluding hydrogens is 458 g/mol. The molecule has 4 aromatic rings. The number of fused-ring (bicyclic) bond motifs is 1. The van der Waals surface area contributed by atoms with Crippen LogP contribution in [0.5, 0.6) is 0 Å². The molecule has 0 atom stereocenters. The molecule has 0 aliphatic rings. The molecule has 0 aliphatic carbocycles. The summed E-state index contributed by atoms with van der Waals surface area (Å²) in [5.41, 5.74) is 0.312. The Kier molecular flexibility index (Phi) is 5.22. The lowest BCUT2D eigenvalue weighted by atomic mass is 10.1. The number of benzene rings is 2. The predicted molar refractivity (Wildman–Crippen MR) is 112 cm³/mol. The summed E-state index contributed by atoms with van der Waals surface area (Å²) in [5.74, 6) is -1.14. The average molecular weight is 468 g/mol. The fraction of sp³-hybridized carbons (Fsp3) is 0.0476. The molecule has 0 bridgehead atoms. The van der Waals surface area contributed by atoms with Crippen molar-refractivity contribution in [3.05, 3.63) is 75.8 Å². The Labute approximate surface area is 182 Å². The maximum absolute atomic E-state index is 13.1. The van der Waals surface area contributed by atoms with Gasteiger partial charge in [0.2, 0.25) is 0 Å². The summed E-state index contributed by atoms with van der Waals surface area (Å²) in [7, 11) is 0. The molecule has 4 rings (SSSR count). The highest BCUT2D eigenvalue weighted by Gasteiger charge is 2.31. The van der Waals surface area contributed by atoms with E-state index in [1.54, 1.807) is 24.3 Å². The molecule has 0 unspecified atom stereocenters. The van der Waals surface area contributed by atoms with Gasteiger partial charge in [0.25, 0.3) is 0 Å². The Balaban J connectivity index is 1.83. The number of carboxylic acids is 1. The van der Waals surface area contributed by atoms with Crippen molar-refractivity contribution >= 4 is 51.4 Å². The molecule has 2 aromatic carbocycles. The van der Waals surface area contributed by atoms with Gasteiger partial charge in [0.05, 0.1) is 27.2 Å². The summed E-state index contributed by atoms with van der Waals surface area (Å²) < 4.78 is 39.2. The van der Waals surface area contributed by atoms with Crippen LogP contribution in [0.4, 0.5) is 13.2 Å². The van der Waals surface area contributed by atoms with Gasteiger partial charge in [0, 0.05) is 25.9 Å². The number of carbonyl (C=O) groups is 1. The molecule has 1 N–H and O–H groups in total. The molecule has 0 aliphatic heterocycles. The minimum atomic E-state index is -4.49. The molecule has 0 saturated carbocycles. The predicted octanol–water partition coefficient (Wildman–Crippen LogP) is 7.65. The van der Waals surface area contributed by atoms with Crippen LogP contribution in [-0.2, 0) is 6.18 Å². The van der Waals surface area contributed by atoms with E-state index in [1.165, 1.54) is 29.5 Å². The van der Waals surface area contributed by atoms with Gasteiger partial charge in [-0.1, -0.05) is 23.2 Å². The van der Waals surface area contributed by atoms with Crippen molar-refractivity contribution in [3.8, 4) is 21.0 Å². The third kappa shape index (κ3) is 3.88. The summed E-state index contributed by atoms with van der Waals surface area (Å²) in [6.45, 7) is 0. The first kappa shape index (κ1) is 20.7. The number of hydrogen-bond acceptors (Lipinski definition) is 3. The maximum Gasteiger partial charge on any atom is 0.416 e. The zero-order valence-corrected chi connectivity index (χ0v) is 17.1. The van der Waals surface area contributed by atoms with E-state index in [-0.39, 0.29) is 16.1 Å². The molecule has 0 radical (unpaired) electrons. The Hall–Kier alpha value is -2.61. The number of thiophene rings is 1. The minimum Gasteiger partial charge on any atom is -0.478 e. The van der Waals surface area contributed by atoms with Crippen LogP contribution in [-0.4, -0.2) is 16.1 Å². The Morgan fingerprint density at radius 1 is 0.967 bits per heavy atom. The van der Waals surface area contributed by atoms with E-state index in [0.29, 0.717) is 31.4 Å². The molecule has 3 nitrogen and oxygen atoms in total. The topological polar surface area (TPSA) is 50.2 Å². The van der Waals surface area contributed by atoms with Crippen molar-refractivity contribution < 1.29 is 23.1 Å². The highest BCUT2D eigenvalue weighted by molar-refractivity contribution is 7.18. The van der Waals surface area contributed by atoms with E-state index in [4.69, 9.17) is 23.2 Å². The van der Waals surface area contributed by atoms with Crippen molar-refractivity contribution in [2.75, 3.05) is 0 Å². The number of rotatable bonds is 3. The van der Waals surface area contributed by atoms with Gasteiger partial charge >= 0.3 is 12.1 Å². The highest BCUT2D eigenvalue weighted by Crippen LogP contribution is 2.41. The Morgan fingerprint density at radius 3 is 2.40 bits per heavy atom. The second kappa shape index (κ2) is 7.58. The lowest BCUT2D eigenvalue weighted by Gasteiger charge is -2.09. The zero-order chi connectivity index (χ0) is 21.6. The number of nitrogens with zero attached hydrogens (tertiary/aromatic N) is 1.